The molecule has 0 amide bonds. The van der Waals surface area contributed by atoms with Crippen LogP contribution in [0.2, 0.25) is 0 Å². The highest BCUT2D eigenvalue weighted by Crippen LogP contribution is 2.28. The first-order valence-electron chi connectivity index (χ1n) is 8.49. The third-order valence-electron chi connectivity index (χ3n) is 4.63. The van der Waals surface area contributed by atoms with Crippen molar-refractivity contribution in [2.75, 3.05) is 0 Å². The third kappa shape index (κ3) is 3.46. The van der Waals surface area contributed by atoms with Crippen molar-refractivity contribution in [1.29, 1.82) is 0 Å². The molecular formula is C20H22N2S. The van der Waals surface area contributed by atoms with E-state index in [1.54, 1.807) is 11.9 Å². The summed E-state index contributed by atoms with van der Waals surface area (Å²) in [5.41, 5.74) is 3.63. The van der Waals surface area contributed by atoms with E-state index in [1.807, 2.05) is 0 Å². The number of H-pyrrole nitrogens is 1. The second-order valence-corrected chi connectivity index (χ2v) is 7.26. The quantitative estimate of drug-likeness (QED) is 0.597. The predicted molar refractivity (Wildman–Crippen MR) is 99.6 cm³/mol. The first-order valence-corrected chi connectivity index (χ1v) is 9.31. The minimum absolute atomic E-state index is 0.674. The molecule has 3 aromatic rings. The van der Waals surface area contributed by atoms with Crippen molar-refractivity contribution in [3.63, 3.8) is 0 Å². The van der Waals surface area contributed by atoms with Crippen molar-refractivity contribution in [3.8, 4) is 11.3 Å². The molecule has 118 valence electrons. The van der Waals surface area contributed by atoms with Crippen molar-refractivity contribution in [3.05, 3.63) is 54.6 Å². The molecule has 0 spiro atoms. The lowest BCUT2D eigenvalue weighted by molar-refractivity contribution is 0.423. The number of fused-ring (bicyclic) bond motifs is 1. The predicted octanol–water partition coefficient (Wildman–Crippen LogP) is 5.76. The SMILES string of the molecule is c1ccc(-c2cc3ccc(SNC4CCCCC4)cc3[nH]2)cc1. The molecule has 0 atom stereocenters. The first kappa shape index (κ1) is 14.9. The van der Waals surface area contributed by atoms with Crippen molar-refractivity contribution < 1.29 is 0 Å². The van der Waals surface area contributed by atoms with Crippen LogP contribution in [0.3, 0.4) is 0 Å². The summed E-state index contributed by atoms with van der Waals surface area (Å²) < 4.78 is 3.64. The zero-order valence-corrected chi connectivity index (χ0v) is 14.0. The summed E-state index contributed by atoms with van der Waals surface area (Å²) in [4.78, 5) is 4.83. The van der Waals surface area contributed by atoms with E-state index in [9.17, 15) is 0 Å². The maximum Gasteiger partial charge on any atom is 0.0470 e. The zero-order valence-electron chi connectivity index (χ0n) is 13.2. The Labute approximate surface area is 141 Å². The summed E-state index contributed by atoms with van der Waals surface area (Å²) >= 11 is 1.78. The van der Waals surface area contributed by atoms with E-state index in [2.05, 4.69) is 64.3 Å². The summed E-state index contributed by atoms with van der Waals surface area (Å²) in [5, 5.41) is 1.27. The molecule has 0 radical (unpaired) electrons. The molecule has 1 heterocycles. The fourth-order valence-corrected chi connectivity index (χ4v) is 4.17. The topological polar surface area (TPSA) is 27.8 Å². The number of benzene rings is 2. The summed E-state index contributed by atoms with van der Waals surface area (Å²) in [6, 6.07) is 20.1. The maximum atomic E-state index is 3.64. The number of rotatable bonds is 4. The molecular weight excluding hydrogens is 300 g/mol. The van der Waals surface area contributed by atoms with Gasteiger partial charge in [0.05, 0.1) is 0 Å². The summed E-state index contributed by atoms with van der Waals surface area (Å²) in [5.74, 6) is 0. The molecule has 0 unspecified atom stereocenters. The van der Waals surface area contributed by atoms with Crippen LogP contribution < -0.4 is 4.72 Å². The molecule has 23 heavy (non-hydrogen) atoms. The van der Waals surface area contributed by atoms with E-state index in [-0.39, 0.29) is 0 Å². The molecule has 1 aromatic heterocycles. The van der Waals surface area contributed by atoms with Gasteiger partial charge in [0.2, 0.25) is 0 Å². The molecule has 0 aliphatic heterocycles. The van der Waals surface area contributed by atoms with Crippen LogP contribution in [0.15, 0.2) is 59.5 Å². The van der Waals surface area contributed by atoms with Gasteiger partial charge in [-0.3, -0.25) is 4.72 Å². The number of aromatic amines is 1. The van der Waals surface area contributed by atoms with Gasteiger partial charge in [0, 0.05) is 27.5 Å². The van der Waals surface area contributed by atoms with Gasteiger partial charge in [0.25, 0.3) is 0 Å². The summed E-state index contributed by atoms with van der Waals surface area (Å²) in [6.07, 6.45) is 6.77. The van der Waals surface area contributed by atoms with Gasteiger partial charge in [-0.05, 0) is 48.6 Å². The number of hydrogen-bond acceptors (Lipinski definition) is 2. The minimum Gasteiger partial charge on any atom is -0.354 e. The van der Waals surface area contributed by atoms with E-state index >= 15 is 0 Å². The summed E-state index contributed by atoms with van der Waals surface area (Å²) in [7, 11) is 0. The van der Waals surface area contributed by atoms with Gasteiger partial charge >= 0.3 is 0 Å². The van der Waals surface area contributed by atoms with Crippen molar-refractivity contribution in [2.24, 2.45) is 0 Å². The van der Waals surface area contributed by atoms with E-state index < -0.39 is 0 Å². The highest BCUT2D eigenvalue weighted by molar-refractivity contribution is 7.97. The molecule has 1 aliphatic carbocycles. The molecule has 2 nitrogen and oxygen atoms in total. The average molecular weight is 322 g/mol. The molecule has 1 fully saturated rings. The van der Waals surface area contributed by atoms with Gasteiger partial charge in [-0.25, -0.2) is 0 Å². The zero-order chi connectivity index (χ0) is 15.5. The van der Waals surface area contributed by atoms with Gasteiger partial charge in [-0.2, -0.15) is 0 Å². The van der Waals surface area contributed by atoms with Crippen LogP contribution in [-0.2, 0) is 0 Å². The Kier molecular flexibility index (Phi) is 4.40. The number of aromatic nitrogens is 1. The van der Waals surface area contributed by atoms with Gasteiger partial charge in [-0.15, -0.1) is 0 Å². The fourth-order valence-electron chi connectivity index (χ4n) is 3.31. The van der Waals surface area contributed by atoms with E-state index in [4.69, 9.17) is 0 Å². The van der Waals surface area contributed by atoms with E-state index in [0.717, 1.165) is 0 Å². The van der Waals surface area contributed by atoms with Crippen molar-refractivity contribution in [1.82, 2.24) is 9.71 Å². The second kappa shape index (κ2) is 6.81. The standard InChI is InChI=1S/C20H22N2S/c1-3-7-15(8-4-1)19-13-16-11-12-18(14-20(16)21-19)23-22-17-9-5-2-6-10-17/h1,3-4,7-8,11-14,17,21-22H,2,5-6,9-10H2. The smallest absolute Gasteiger partial charge is 0.0470 e. The van der Waals surface area contributed by atoms with Crippen LogP contribution in [0.5, 0.6) is 0 Å². The Hall–Kier alpha value is -1.71. The molecule has 4 rings (SSSR count). The molecule has 2 N–H and O–H groups in total. The van der Waals surface area contributed by atoms with E-state index in [1.165, 1.54) is 59.2 Å². The van der Waals surface area contributed by atoms with Crippen LogP contribution in [0.4, 0.5) is 0 Å². The third-order valence-corrected chi connectivity index (χ3v) is 5.57. The maximum absolute atomic E-state index is 3.64. The number of nitrogens with one attached hydrogen (secondary N) is 2. The Bertz CT molecular complexity index is 773. The van der Waals surface area contributed by atoms with Crippen LogP contribution in [0.1, 0.15) is 32.1 Å². The van der Waals surface area contributed by atoms with Crippen LogP contribution in [-0.4, -0.2) is 11.0 Å². The molecule has 0 bridgehead atoms. The van der Waals surface area contributed by atoms with Crippen molar-refractivity contribution in [2.45, 2.75) is 43.0 Å². The van der Waals surface area contributed by atoms with Crippen molar-refractivity contribution >= 4 is 22.9 Å². The Balaban J connectivity index is 1.51. The lowest BCUT2D eigenvalue weighted by atomic mass is 9.96. The average Bonchev–Trinajstić information content (AvgIpc) is 3.05. The Morgan fingerprint density at radius 3 is 2.57 bits per heavy atom. The molecule has 0 saturated heterocycles. The van der Waals surface area contributed by atoms with E-state index in [0.29, 0.717) is 6.04 Å². The largest absolute Gasteiger partial charge is 0.354 e. The lowest BCUT2D eigenvalue weighted by Gasteiger charge is -2.22. The summed E-state index contributed by atoms with van der Waals surface area (Å²) in [6.45, 7) is 0. The highest BCUT2D eigenvalue weighted by Gasteiger charge is 2.13. The van der Waals surface area contributed by atoms with Gasteiger partial charge in [0.1, 0.15) is 0 Å². The molecule has 2 aromatic carbocycles. The Morgan fingerprint density at radius 1 is 0.913 bits per heavy atom. The van der Waals surface area contributed by atoms with Gasteiger partial charge in [0.15, 0.2) is 0 Å². The van der Waals surface area contributed by atoms with Crippen LogP contribution in [0.25, 0.3) is 22.2 Å². The van der Waals surface area contributed by atoms with Gasteiger partial charge in [-0.1, -0.05) is 55.7 Å². The van der Waals surface area contributed by atoms with Crippen LogP contribution >= 0.6 is 11.9 Å². The molecule has 1 saturated carbocycles. The second-order valence-electron chi connectivity index (χ2n) is 6.35. The van der Waals surface area contributed by atoms with Crippen LogP contribution in [0, 0.1) is 0 Å². The molecule has 1 aliphatic rings. The highest BCUT2D eigenvalue weighted by atomic mass is 32.2. The first-order chi connectivity index (χ1) is 11.4. The lowest BCUT2D eigenvalue weighted by Crippen LogP contribution is -2.25. The molecule has 3 heteroatoms. The fraction of sp³-hybridized carbons (Fsp3) is 0.300. The monoisotopic (exact) mass is 322 g/mol. The van der Waals surface area contributed by atoms with Gasteiger partial charge < -0.3 is 4.98 Å². The Morgan fingerprint density at radius 2 is 1.74 bits per heavy atom. The minimum atomic E-state index is 0.674. The number of hydrogen-bond donors (Lipinski definition) is 2. The normalized spacial score (nSPS) is 16.0.